The highest BCUT2D eigenvalue weighted by Gasteiger charge is 2.27. The number of methoxy groups -OCH3 is 2. The van der Waals surface area contributed by atoms with Crippen LogP contribution >= 0.6 is 34.5 Å². The van der Waals surface area contributed by atoms with Gasteiger partial charge in [0, 0.05) is 35.9 Å². The standard InChI is InChI=1S/C35H37Cl2N3O6S/c1-40-14-13-22(20-40)21-45-35(42)33(23-7-5-4-6-8-23)39-17-25-10-12-32(47-25)34(41)46-30(16-26-27(36)18-38-19-28(26)37)24-9-11-29(43-2)31(15-24)44-3/h4-12,15,18-19,22,30,33,39H,13-14,16-17,20-21H2,1-3H3/p+1/t22-,30-,33?/m0/s1. The number of carbonyl (C=O) groups excluding carboxylic acids is 2. The average Bonchev–Trinajstić information content (AvgIpc) is 3.74. The van der Waals surface area contributed by atoms with Crippen molar-refractivity contribution in [3.8, 4) is 11.5 Å². The zero-order valence-electron chi connectivity index (χ0n) is 26.5. The number of esters is 2. The molecule has 0 amide bonds. The lowest BCUT2D eigenvalue weighted by Gasteiger charge is -2.20. The van der Waals surface area contributed by atoms with Gasteiger partial charge < -0.3 is 23.8 Å². The van der Waals surface area contributed by atoms with E-state index in [2.05, 4.69) is 22.2 Å². The third kappa shape index (κ3) is 9.03. The first kappa shape index (κ1) is 34.7. The molecule has 1 fully saturated rings. The number of aromatic amines is 1. The minimum atomic E-state index is -0.736. The molecule has 4 aromatic rings. The van der Waals surface area contributed by atoms with Crippen molar-refractivity contribution in [1.82, 2.24) is 10.2 Å². The van der Waals surface area contributed by atoms with Crippen molar-refractivity contribution in [3.63, 3.8) is 0 Å². The number of nitrogens with zero attached hydrogens (tertiary/aromatic N) is 1. The molecular weight excluding hydrogens is 661 g/mol. The van der Waals surface area contributed by atoms with Gasteiger partial charge in [-0.25, -0.2) is 14.6 Å². The summed E-state index contributed by atoms with van der Waals surface area (Å²) < 4.78 is 22.7. The number of halogens is 2. The highest BCUT2D eigenvalue weighted by Crippen LogP contribution is 2.36. The molecule has 1 aliphatic rings. The zero-order chi connectivity index (χ0) is 33.3. The largest absolute Gasteiger partial charge is 0.493 e. The number of carbonyl (C=O) groups is 2. The summed E-state index contributed by atoms with van der Waals surface area (Å²) in [7, 11) is 5.17. The number of hydrogen-bond acceptors (Lipinski definition) is 9. The van der Waals surface area contributed by atoms with Gasteiger partial charge in [-0.2, -0.15) is 0 Å². The van der Waals surface area contributed by atoms with E-state index in [0.29, 0.717) is 56.6 Å². The van der Waals surface area contributed by atoms with E-state index in [-0.39, 0.29) is 12.4 Å². The maximum absolute atomic E-state index is 13.5. The van der Waals surface area contributed by atoms with Crippen molar-refractivity contribution in [3.05, 3.63) is 110 Å². The number of ether oxygens (including phenoxy) is 4. The molecule has 1 saturated heterocycles. The molecule has 47 heavy (non-hydrogen) atoms. The SMILES string of the molecule is COc1ccc([C@H](Cc2c(Cl)c[nH+]cc2Cl)OC(=O)c2ccc(CNC(C(=O)OC[C@H]3CCN(C)C3)c3ccccc3)s2)cc1OC. The van der Waals surface area contributed by atoms with Crippen LogP contribution in [0.5, 0.6) is 11.5 Å². The molecule has 2 N–H and O–H groups in total. The first-order valence-corrected chi connectivity index (χ1v) is 16.8. The van der Waals surface area contributed by atoms with E-state index < -0.39 is 18.1 Å². The summed E-state index contributed by atoms with van der Waals surface area (Å²) in [5.74, 6) is 0.551. The number of benzene rings is 2. The maximum Gasteiger partial charge on any atom is 0.348 e. The van der Waals surface area contributed by atoms with E-state index in [1.54, 1.807) is 44.8 Å². The van der Waals surface area contributed by atoms with Gasteiger partial charge >= 0.3 is 11.9 Å². The molecule has 0 aliphatic carbocycles. The first-order chi connectivity index (χ1) is 22.7. The van der Waals surface area contributed by atoms with Crippen LogP contribution in [0.2, 0.25) is 10.0 Å². The van der Waals surface area contributed by atoms with E-state index >= 15 is 0 Å². The highest BCUT2D eigenvalue weighted by atomic mass is 35.5. The number of pyridine rings is 1. The van der Waals surface area contributed by atoms with Crippen molar-refractivity contribution < 1.29 is 33.5 Å². The maximum atomic E-state index is 13.5. The minimum absolute atomic E-state index is 0.228. The van der Waals surface area contributed by atoms with E-state index in [1.807, 2.05) is 42.5 Å². The molecule has 12 heteroatoms. The number of thiophene rings is 1. The van der Waals surface area contributed by atoms with Crippen LogP contribution in [-0.2, 0) is 27.2 Å². The molecule has 3 heterocycles. The molecule has 1 unspecified atom stereocenters. The Balaban J connectivity index is 1.29. The molecule has 5 rings (SSSR count). The van der Waals surface area contributed by atoms with Crippen molar-refractivity contribution in [2.24, 2.45) is 5.92 Å². The Hall–Kier alpha value is -3.67. The van der Waals surface area contributed by atoms with Crippen molar-refractivity contribution in [2.45, 2.75) is 31.5 Å². The summed E-state index contributed by atoms with van der Waals surface area (Å²) in [4.78, 5) is 33.2. The van der Waals surface area contributed by atoms with E-state index in [0.717, 1.165) is 30.0 Å². The monoisotopic (exact) mass is 698 g/mol. The van der Waals surface area contributed by atoms with Crippen LogP contribution in [0.3, 0.4) is 0 Å². The fraction of sp³-hybridized carbons (Fsp3) is 0.343. The molecule has 0 saturated carbocycles. The summed E-state index contributed by atoms with van der Waals surface area (Å²) in [6.45, 7) is 2.67. The second kappa shape index (κ2) is 16.4. The second-order valence-corrected chi connectivity index (χ2v) is 13.4. The molecule has 0 bridgehead atoms. The quantitative estimate of drug-likeness (QED) is 0.152. The van der Waals surface area contributed by atoms with Gasteiger partial charge in [0.05, 0.1) is 20.8 Å². The van der Waals surface area contributed by atoms with Gasteiger partial charge in [0.25, 0.3) is 0 Å². The Morgan fingerprint density at radius 1 is 1.00 bits per heavy atom. The lowest BCUT2D eigenvalue weighted by atomic mass is 10.0. The molecule has 3 atom stereocenters. The summed E-state index contributed by atoms with van der Waals surface area (Å²) >= 11 is 14.2. The van der Waals surface area contributed by atoms with Crippen molar-refractivity contribution >= 4 is 46.5 Å². The number of rotatable bonds is 14. The van der Waals surface area contributed by atoms with Crippen LogP contribution in [-0.4, -0.2) is 57.8 Å². The van der Waals surface area contributed by atoms with E-state index in [1.165, 1.54) is 11.3 Å². The third-order valence-corrected chi connectivity index (χ3v) is 9.82. The Morgan fingerprint density at radius 3 is 2.43 bits per heavy atom. The van der Waals surface area contributed by atoms with Crippen molar-refractivity contribution in [2.75, 3.05) is 41.0 Å². The fourth-order valence-electron chi connectivity index (χ4n) is 5.54. The first-order valence-electron chi connectivity index (χ1n) is 15.2. The fourth-order valence-corrected chi connectivity index (χ4v) is 6.91. The van der Waals surface area contributed by atoms with Gasteiger partial charge in [-0.05, 0) is 55.4 Å². The molecule has 248 valence electrons. The summed E-state index contributed by atoms with van der Waals surface area (Å²) in [5.41, 5.74) is 2.13. The highest BCUT2D eigenvalue weighted by molar-refractivity contribution is 7.13. The molecule has 0 radical (unpaired) electrons. The van der Waals surface area contributed by atoms with Crippen LogP contribution in [0.15, 0.2) is 73.1 Å². The normalized spacial score (nSPS) is 16.0. The third-order valence-electron chi connectivity index (χ3n) is 8.08. The summed E-state index contributed by atoms with van der Waals surface area (Å²) in [6, 6.07) is 17.8. The second-order valence-electron chi connectivity index (χ2n) is 11.4. The van der Waals surface area contributed by atoms with Gasteiger partial charge in [0.15, 0.2) is 23.9 Å². The summed E-state index contributed by atoms with van der Waals surface area (Å²) in [5, 5.41) is 4.18. The van der Waals surface area contributed by atoms with Crippen molar-refractivity contribution in [1.29, 1.82) is 0 Å². The smallest absolute Gasteiger partial charge is 0.348 e. The number of hydrogen-bond donors (Lipinski definition) is 1. The molecular formula is C35H38Cl2N3O6S+. The molecule has 1 aliphatic heterocycles. The van der Waals surface area contributed by atoms with Gasteiger partial charge in [0.1, 0.15) is 27.1 Å². The van der Waals surface area contributed by atoms with Gasteiger partial charge in [-0.1, -0.05) is 59.6 Å². The van der Waals surface area contributed by atoms with Crippen LogP contribution in [0.25, 0.3) is 0 Å². The molecule has 0 spiro atoms. The van der Waals surface area contributed by atoms with Gasteiger partial charge in [0.2, 0.25) is 0 Å². The number of likely N-dealkylation sites (tertiary alicyclic amines) is 1. The van der Waals surface area contributed by atoms with Crippen LogP contribution < -0.4 is 19.8 Å². The summed E-state index contributed by atoms with van der Waals surface area (Å²) in [6.07, 6.45) is 3.76. The molecule has 2 aromatic carbocycles. The van der Waals surface area contributed by atoms with Gasteiger partial charge in [-0.3, -0.25) is 5.32 Å². The lowest BCUT2D eigenvalue weighted by molar-refractivity contribution is -0.377. The van der Waals surface area contributed by atoms with Crippen LogP contribution in [0.4, 0.5) is 0 Å². The van der Waals surface area contributed by atoms with E-state index in [9.17, 15) is 9.59 Å². The average molecular weight is 700 g/mol. The Kier molecular flexibility index (Phi) is 12.1. The van der Waals surface area contributed by atoms with Crippen LogP contribution in [0.1, 0.15) is 49.8 Å². The predicted molar refractivity (Wildman–Crippen MR) is 181 cm³/mol. The zero-order valence-corrected chi connectivity index (χ0v) is 28.8. The molecule has 2 aromatic heterocycles. The Labute approximate surface area is 288 Å². The Morgan fingerprint density at radius 2 is 1.74 bits per heavy atom. The topological polar surface area (TPSA) is 100 Å². The predicted octanol–water partition coefficient (Wildman–Crippen LogP) is 6.35. The Bertz CT molecular complexity index is 1650. The minimum Gasteiger partial charge on any atom is -0.493 e. The molecule has 9 nitrogen and oxygen atoms in total. The number of nitrogens with one attached hydrogen (secondary N) is 2. The lowest BCUT2D eigenvalue weighted by Crippen LogP contribution is -2.31. The number of H-pyrrole nitrogens is 1. The van der Waals surface area contributed by atoms with E-state index in [4.69, 9.17) is 42.1 Å². The number of aromatic nitrogens is 1. The van der Waals surface area contributed by atoms with Gasteiger partial charge in [-0.15, -0.1) is 11.3 Å². The van der Waals surface area contributed by atoms with Crippen LogP contribution in [0, 0.1) is 5.92 Å².